The first-order valence-electron chi connectivity index (χ1n) is 8.38. The lowest BCUT2D eigenvalue weighted by atomic mass is 10.1. The summed E-state index contributed by atoms with van der Waals surface area (Å²) < 4.78 is 4.98. The maximum absolute atomic E-state index is 12.4. The van der Waals surface area contributed by atoms with Crippen molar-refractivity contribution in [3.8, 4) is 0 Å². The Labute approximate surface area is 155 Å². The van der Waals surface area contributed by atoms with Gasteiger partial charge >= 0.3 is 5.97 Å². The maximum atomic E-state index is 12.4. The van der Waals surface area contributed by atoms with E-state index in [4.69, 9.17) is 4.74 Å². The summed E-state index contributed by atoms with van der Waals surface area (Å²) in [5.41, 5.74) is 2.06. The number of nitrogens with zero attached hydrogens (tertiary/aromatic N) is 1. The molecular weight excluding hydrogens is 348 g/mol. The summed E-state index contributed by atoms with van der Waals surface area (Å²) in [6.45, 7) is 2.77. The van der Waals surface area contributed by atoms with Crippen molar-refractivity contribution < 1.29 is 23.9 Å². The highest BCUT2D eigenvalue weighted by Crippen LogP contribution is 2.24. The molecule has 0 fully saturated rings. The Morgan fingerprint density at radius 2 is 1.67 bits per heavy atom. The van der Waals surface area contributed by atoms with Crippen LogP contribution in [-0.4, -0.2) is 41.2 Å². The fourth-order valence-electron chi connectivity index (χ4n) is 2.84. The van der Waals surface area contributed by atoms with Crippen LogP contribution in [0.25, 0.3) is 0 Å². The number of imide groups is 1. The summed E-state index contributed by atoms with van der Waals surface area (Å²) in [7, 11) is 0. The number of hydrogen-bond donors (Lipinski definition) is 1. The molecule has 138 valence electrons. The van der Waals surface area contributed by atoms with E-state index >= 15 is 0 Å². The Kier molecular flexibility index (Phi) is 5.03. The summed E-state index contributed by atoms with van der Waals surface area (Å²) in [6.07, 6.45) is 0. The molecule has 7 heteroatoms. The van der Waals surface area contributed by atoms with Crippen LogP contribution in [0.1, 0.15) is 33.2 Å². The minimum atomic E-state index is -1.14. The molecule has 2 aromatic rings. The van der Waals surface area contributed by atoms with Crippen LogP contribution in [0.3, 0.4) is 0 Å². The topological polar surface area (TPSA) is 92.8 Å². The molecular formula is C20H18N2O5. The van der Waals surface area contributed by atoms with Gasteiger partial charge in [-0.15, -0.1) is 0 Å². The Morgan fingerprint density at radius 3 is 2.26 bits per heavy atom. The van der Waals surface area contributed by atoms with Crippen LogP contribution >= 0.6 is 0 Å². The van der Waals surface area contributed by atoms with E-state index in [0.29, 0.717) is 5.69 Å². The molecule has 1 aliphatic rings. The molecule has 3 amide bonds. The smallest absolute Gasteiger partial charge is 0.329 e. The van der Waals surface area contributed by atoms with E-state index in [9.17, 15) is 19.2 Å². The van der Waals surface area contributed by atoms with Crippen LogP contribution in [0, 0.1) is 6.92 Å². The van der Waals surface area contributed by atoms with Crippen LogP contribution in [-0.2, 0) is 14.3 Å². The third kappa shape index (κ3) is 3.72. The zero-order valence-corrected chi connectivity index (χ0v) is 14.9. The number of ether oxygens (including phenoxy) is 1. The average molecular weight is 366 g/mol. The molecule has 0 aliphatic carbocycles. The number of carbonyl (C=O) groups excluding carboxylic acids is 4. The Bertz CT molecular complexity index is 902. The molecule has 1 unspecified atom stereocenters. The molecule has 7 nitrogen and oxygen atoms in total. The largest absolute Gasteiger partial charge is 0.454 e. The van der Waals surface area contributed by atoms with E-state index in [1.807, 2.05) is 13.0 Å². The molecule has 0 spiro atoms. The molecule has 2 aromatic carbocycles. The minimum absolute atomic E-state index is 0.249. The van der Waals surface area contributed by atoms with Crippen molar-refractivity contribution in [3.63, 3.8) is 0 Å². The summed E-state index contributed by atoms with van der Waals surface area (Å²) in [5, 5.41) is 2.61. The molecule has 0 saturated carbocycles. The predicted molar refractivity (Wildman–Crippen MR) is 97.2 cm³/mol. The molecule has 0 radical (unpaired) electrons. The lowest BCUT2D eigenvalue weighted by molar-refractivity contribution is -0.150. The van der Waals surface area contributed by atoms with Crippen molar-refractivity contribution in [2.24, 2.45) is 0 Å². The fourth-order valence-corrected chi connectivity index (χ4v) is 2.84. The van der Waals surface area contributed by atoms with E-state index in [-0.39, 0.29) is 11.1 Å². The number of amides is 3. The monoisotopic (exact) mass is 366 g/mol. The van der Waals surface area contributed by atoms with E-state index < -0.39 is 36.3 Å². The molecule has 3 rings (SSSR count). The maximum Gasteiger partial charge on any atom is 0.329 e. The summed E-state index contributed by atoms with van der Waals surface area (Å²) in [5.74, 6) is -2.44. The van der Waals surface area contributed by atoms with Gasteiger partial charge < -0.3 is 10.1 Å². The first kappa shape index (κ1) is 18.3. The summed E-state index contributed by atoms with van der Waals surface area (Å²) in [4.78, 5) is 49.8. The number of anilines is 1. The minimum Gasteiger partial charge on any atom is -0.454 e. The first-order chi connectivity index (χ1) is 12.9. The van der Waals surface area contributed by atoms with Crippen LogP contribution in [0.5, 0.6) is 0 Å². The van der Waals surface area contributed by atoms with Gasteiger partial charge in [-0.2, -0.15) is 0 Å². The van der Waals surface area contributed by atoms with Crippen molar-refractivity contribution in [3.05, 3.63) is 65.2 Å². The SMILES string of the molecule is Cc1cccc(NC(=O)COC(=O)C(C)N2C(=O)c3ccccc3C2=O)c1. The quantitative estimate of drug-likeness (QED) is 0.647. The number of esters is 1. The average Bonchev–Trinajstić information content (AvgIpc) is 2.90. The number of carbonyl (C=O) groups is 4. The zero-order valence-electron chi connectivity index (χ0n) is 14.9. The van der Waals surface area contributed by atoms with Gasteiger partial charge in [0, 0.05) is 5.69 Å². The van der Waals surface area contributed by atoms with Crippen LogP contribution in [0.4, 0.5) is 5.69 Å². The second-order valence-electron chi connectivity index (χ2n) is 6.23. The molecule has 0 bridgehead atoms. The van der Waals surface area contributed by atoms with E-state index in [1.165, 1.54) is 19.1 Å². The first-order valence-corrected chi connectivity index (χ1v) is 8.38. The highest BCUT2D eigenvalue weighted by molar-refractivity contribution is 6.22. The number of fused-ring (bicyclic) bond motifs is 1. The van der Waals surface area contributed by atoms with Gasteiger partial charge in [-0.1, -0.05) is 24.3 Å². The number of nitrogens with one attached hydrogen (secondary N) is 1. The second-order valence-corrected chi connectivity index (χ2v) is 6.23. The summed E-state index contributed by atoms with van der Waals surface area (Å²) >= 11 is 0. The Hall–Kier alpha value is -3.48. The van der Waals surface area contributed by atoms with E-state index in [0.717, 1.165) is 10.5 Å². The van der Waals surface area contributed by atoms with Crippen molar-refractivity contribution in [2.45, 2.75) is 19.9 Å². The van der Waals surface area contributed by atoms with Crippen molar-refractivity contribution in [2.75, 3.05) is 11.9 Å². The molecule has 1 heterocycles. The fraction of sp³-hybridized carbons (Fsp3) is 0.200. The van der Waals surface area contributed by atoms with Gasteiger partial charge in [0.05, 0.1) is 11.1 Å². The van der Waals surface area contributed by atoms with Gasteiger partial charge in [-0.25, -0.2) is 4.79 Å². The summed E-state index contributed by atoms with van der Waals surface area (Å²) in [6, 6.07) is 12.4. The highest BCUT2D eigenvalue weighted by Gasteiger charge is 2.41. The van der Waals surface area contributed by atoms with E-state index in [1.54, 1.807) is 30.3 Å². The number of benzene rings is 2. The van der Waals surface area contributed by atoms with Gasteiger partial charge in [-0.3, -0.25) is 19.3 Å². The third-order valence-electron chi connectivity index (χ3n) is 4.20. The van der Waals surface area contributed by atoms with Crippen LogP contribution in [0.15, 0.2) is 48.5 Å². The molecule has 0 aromatic heterocycles. The van der Waals surface area contributed by atoms with Crippen molar-refractivity contribution in [1.29, 1.82) is 0 Å². The van der Waals surface area contributed by atoms with Gasteiger partial charge in [0.25, 0.3) is 17.7 Å². The van der Waals surface area contributed by atoms with Crippen LogP contribution in [0.2, 0.25) is 0 Å². The highest BCUT2D eigenvalue weighted by atomic mass is 16.5. The van der Waals surface area contributed by atoms with Crippen molar-refractivity contribution in [1.82, 2.24) is 4.90 Å². The molecule has 1 N–H and O–H groups in total. The lowest BCUT2D eigenvalue weighted by Gasteiger charge is -2.20. The zero-order chi connectivity index (χ0) is 19.6. The Morgan fingerprint density at radius 1 is 1.04 bits per heavy atom. The van der Waals surface area contributed by atoms with Gasteiger partial charge in [-0.05, 0) is 43.7 Å². The van der Waals surface area contributed by atoms with Gasteiger partial charge in [0.2, 0.25) is 0 Å². The third-order valence-corrected chi connectivity index (χ3v) is 4.20. The van der Waals surface area contributed by atoms with Crippen molar-refractivity contribution >= 4 is 29.4 Å². The molecule has 27 heavy (non-hydrogen) atoms. The Balaban J connectivity index is 1.59. The van der Waals surface area contributed by atoms with Gasteiger partial charge in [0.1, 0.15) is 6.04 Å². The lowest BCUT2D eigenvalue weighted by Crippen LogP contribution is -2.44. The molecule has 1 atom stereocenters. The van der Waals surface area contributed by atoms with Gasteiger partial charge in [0.15, 0.2) is 6.61 Å². The predicted octanol–water partition coefficient (Wildman–Crippen LogP) is 2.16. The number of hydrogen-bond acceptors (Lipinski definition) is 5. The molecule has 0 saturated heterocycles. The van der Waals surface area contributed by atoms with Crippen LogP contribution < -0.4 is 5.32 Å². The second kappa shape index (κ2) is 7.41. The van der Waals surface area contributed by atoms with E-state index in [2.05, 4.69) is 5.32 Å². The normalized spacial score (nSPS) is 13.9. The standard InChI is InChI=1S/C20H18N2O5/c1-12-6-5-7-14(10-12)21-17(23)11-27-20(26)13(2)22-18(24)15-8-3-4-9-16(15)19(22)25/h3-10,13H,11H2,1-2H3,(H,21,23). The number of aryl methyl sites for hydroxylation is 1. The number of rotatable bonds is 5. The molecule has 1 aliphatic heterocycles.